The standard InChI is InChI=1S/C19H24NO5P/c1-11(2)16-10-15(6-7-17(16)21)25-18-12(3)8-14(9-13(18)4)19(22)20-26(5,23)24/h6-11,21H,1-5H3,(H2,20,22,23,24). The van der Waals surface area contributed by atoms with Crippen LogP contribution >= 0.6 is 7.52 Å². The summed E-state index contributed by atoms with van der Waals surface area (Å²) >= 11 is 0. The van der Waals surface area contributed by atoms with Crippen LogP contribution in [0.25, 0.3) is 0 Å². The molecular formula is C19H24NO5P. The summed E-state index contributed by atoms with van der Waals surface area (Å²) in [4.78, 5) is 21.4. The minimum Gasteiger partial charge on any atom is -0.508 e. The molecule has 1 unspecified atom stereocenters. The van der Waals surface area contributed by atoms with Crippen LogP contribution in [0.1, 0.15) is 46.8 Å². The number of phenolic OH excluding ortho intramolecular Hbond substituents is 1. The lowest BCUT2D eigenvalue weighted by molar-refractivity contribution is 0.0977. The van der Waals surface area contributed by atoms with Crippen LogP contribution in [0.2, 0.25) is 0 Å². The van der Waals surface area contributed by atoms with Crippen molar-refractivity contribution in [1.29, 1.82) is 0 Å². The lowest BCUT2D eigenvalue weighted by atomic mass is 10.0. The van der Waals surface area contributed by atoms with Crippen LogP contribution in [0, 0.1) is 13.8 Å². The van der Waals surface area contributed by atoms with Crippen LogP contribution < -0.4 is 9.82 Å². The number of aromatic hydroxyl groups is 1. The number of aryl methyl sites for hydroxylation is 2. The molecule has 0 aromatic heterocycles. The van der Waals surface area contributed by atoms with E-state index in [1.54, 1.807) is 44.2 Å². The topological polar surface area (TPSA) is 95.9 Å². The number of benzene rings is 2. The van der Waals surface area contributed by atoms with Gasteiger partial charge in [-0.15, -0.1) is 0 Å². The number of hydrogen-bond acceptors (Lipinski definition) is 4. The van der Waals surface area contributed by atoms with Gasteiger partial charge in [0.15, 0.2) is 0 Å². The van der Waals surface area contributed by atoms with Gasteiger partial charge in [-0.05, 0) is 61.2 Å². The van der Waals surface area contributed by atoms with Gasteiger partial charge in [-0.2, -0.15) is 0 Å². The van der Waals surface area contributed by atoms with Gasteiger partial charge in [0.2, 0.25) is 0 Å². The van der Waals surface area contributed by atoms with E-state index in [1.165, 1.54) is 0 Å². The van der Waals surface area contributed by atoms with Crippen LogP contribution in [0.5, 0.6) is 17.2 Å². The Labute approximate surface area is 153 Å². The number of nitrogens with one attached hydrogen (secondary N) is 1. The fourth-order valence-electron chi connectivity index (χ4n) is 2.67. The van der Waals surface area contributed by atoms with E-state index in [0.29, 0.717) is 11.5 Å². The fourth-order valence-corrected chi connectivity index (χ4v) is 3.18. The molecule has 2 rings (SSSR count). The van der Waals surface area contributed by atoms with E-state index < -0.39 is 13.4 Å². The predicted octanol–water partition coefficient (Wildman–Crippen LogP) is 4.47. The van der Waals surface area contributed by atoms with E-state index in [2.05, 4.69) is 5.09 Å². The van der Waals surface area contributed by atoms with Crippen LogP contribution in [-0.4, -0.2) is 22.6 Å². The van der Waals surface area contributed by atoms with E-state index in [1.807, 2.05) is 13.8 Å². The Balaban J connectivity index is 2.33. The Morgan fingerprint density at radius 1 is 1.15 bits per heavy atom. The zero-order chi connectivity index (χ0) is 19.6. The molecule has 6 nitrogen and oxygen atoms in total. The Morgan fingerprint density at radius 3 is 2.23 bits per heavy atom. The molecule has 0 bridgehead atoms. The normalized spacial score (nSPS) is 13.3. The fraction of sp³-hybridized carbons (Fsp3) is 0.316. The van der Waals surface area contributed by atoms with Gasteiger partial charge in [-0.25, -0.2) is 0 Å². The maximum absolute atomic E-state index is 12.1. The van der Waals surface area contributed by atoms with Gasteiger partial charge < -0.3 is 14.7 Å². The van der Waals surface area contributed by atoms with Crippen molar-refractivity contribution in [3.8, 4) is 17.2 Å². The van der Waals surface area contributed by atoms with Crippen molar-refractivity contribution in [3.05, 3.63) is 52.6 Å². The number of phenols is 1. The Kier molecular flexibility index (Phi) is 5.79. The summed E-state index contributed by atoms with van der Waals surface area (Å²) in [5.74, 6) is 0.951. The zero-order valence-corrected chi connectivity index (χ0v) is 16.4. The molecule has 1 amide bonds. The maximum atomic E-state index is 12.1. The van der Waals surface area contributed by atoms with Gasteiger partial charge in [0.1, 0.15) is 17.2 Å². The molecule has 2 aromatic rings. The van der Waals surface area contributed by atoms with E-state index in [9.17, 15) is 19.4 Å². The second kappa shape index (κ2) is 7.52. The van der Waals surface area contributed by atoms with Crippen LogP contribution in [0.4, 0.5) is 0 Å². The summed E-state index contributed by atoms with van der Waals surface area (Å²) in [6.45, 7) is 8.63. The van der Waals surface area contributed by atoms with E-state index in [4.69, 9.17) is 4.74 Å². The molecule has 0 spiro atoms. The molecule has 7 heteroatoms. The highest BCUT2D eigenvalue weighted by molar-refractivity contribution is 7.55. The van der Waals surface area contributed by atoms with E-state index in [0.717, 1.165) is 23.4 Å². The van der Waals surface area contributed by atoms with Crippen LogP contribution in [-0.2, 0) is 4.57 Å². The molecule has 0 aliphatic heterocycles. The average Bonchev–Trinajstić information content (AvgIpc) is 2.50. The first-order chi connectivity index (χ1) is 12.0. The summed E-state index contributed by atoms with van der Waals surface area (Å²) in [6, 6.07) is 8.28. The van der Waals surface area contributed by atoms with Gasteiger partial charge in [-0.1, -0.05) is 13.8 Å². The second-order valence-corrected chi connectivity index (χ2v) is 8.72. The number of hydrogen-bond donors (Lipinski definition) is 3. The number of rotatable bonds is 5. The highest BCUT2D eigenvalue weighted by Crippen LogP contribution is 2.35. The zero-order valence-electron chi connectivity index (χ0n) is 15.5. The molecule has 0 aliphatic carbocycles. The smallest absolute Gasteiger partial charge is 0.290 e. The van der Waals surface area contributed by atoms with E-state index >= 15 is 0 Å². The Morgan fingerprint density at radius 2 is 1.73 bits per heavy atom. The SMILES string of the molecule is Cc1cc(C(=O)NP(C)(=O)O)cc(C)c1Oc1ccc(O)c(C(C)C)c1. The third kappa shape index (κ3) is 4.87. The minimum atomic E-state index is -3.66. The molecule has 0 saturated heterocycles. The monoisotopic (exact) mass is 377 g/mol. The van der Waals surface area contributed by atoms with Gasteiger partial charge in [0, 0.05) is 17.8 Å². The third-order valence-corrected chi connectivity index (χ3v) is 4.49. The average molecular weight is 377 g/mol. The first-order valence-electron chi connectivity index (χ1n) is 8.23. The Hall–Kier alpha value is -2.30. The van der Waals surface area contributed by atoms with Crippen molar-refractivity contribution in [2.24, 2.45) is 0 Å². The number of ether oxygens (including phenoxy) is 1. The van der Waals surface area contributed by atoms with Crippen molar-refractivity contribution in [1.82, 2.24) is 5.09 Å². The summed E-state index contributed by atoms with van der Waals surface area (Å²) < 4.78 is 17.3. The Bertz CT molecular complexity index is 862. The van der Waals surface area contributed by atoms with Crippen molar-refractivity contribution >= 4 is 13.4 Å². The van der Waals surface area contributed by atoms with Crippen LogP contribution in [0.3, 0.4) is 0 Å². The van der Waals surface area contributed by atoms with Gasteiger partial charge in [0.25, 0.3) is 13.4 Å². The largest absolute Gasteiger partial charge is 0.508 e. The van der Waals surface area contributed by atoms with E-state index in [-0.39, 0.29) is 17.2 Å². The molecule has 1 atom stereocenters. The van der Waals surface area contributed by atoms with Crippen molar-refractivity contribution in [3.63, 3.8) is 0 Å². The molecule has 0 fully saturated rings. The molecule has 0 aliphatic rings. The summed E-state index contributed by atoms with van der Waals surface area (Å²) in [5, 5.41) is 12.0. The van der Waals surface area contributed by atoms with Gasteiger partial charge >= 0.3 is 0 Å². The highest BCUT2D eigenvalue weighted by atomic mass is 31.2. The highest BCUT2D eigenvalue weighted by Gasteiger charge is 2.18. The molecule has 140 valence electrons. The number of carbonyl (C=O) groups excluding carboxylic acids is 1. The molecule has 2 aromatic carbocycles. The molecule has 26 heavy (non-hydrogen) atoms. The first kappa shape index (κ1) is 20.0. The lowest BCUT2D eigenvalue weighted by Gasteiger charge is -2.16. The quantitative estimate of drug-likeness (QED) is 0.668. The minimum absolute atomic E-state index is 0.148. The summed E-state index contributed by atoms with van der Waals surface area (Å²) in [5.41, 5.74) is 2.52. The maximum Gasteiger partial charge on any atom is 0.290 e. The van der Waals surface area contributed by atoms with Crippen LogP contribution in [0.15, 0.2) is 30.3 Å². The van der Waals surface area contributed by atoms with Crippen molar-refractivity contribution in [2.75, 3.05) is 6.66 Å². The van der Waals surface area contributed by atoms with Crippen molar-refractivity contribution in [2.45, 2.75) is 33.6 Å². The summed E-state index contributed by atoms with van der Waals surface area (Å²) in [7, 11) is -3.66. The van der Waals surface area contributed by atoms with Crippen molar-refractivity contribution < 1.29 is 24.1 Å². The lowest BCUT2D eigenvalue weighted by Crippen LogP contribution is -2.20. The summed E-state index contributed by atoms with van der Waals surface area (Å²) in [6.07, 6.45) is 0. The number of amides is 1. The first-order valence-corrected chi connectivity index (χ1v) is 10.3. The van der Waals surface area contributed by atoms with Gasteiger partial charge in [-0.3, -0.25) is 14.4 Å². The third-order valence-electron chi connectivity index (χ3n) is 3.87. The second-order valence-electron chi connectivity index (χ2n) is 6.74. The van der Waals surface area contributed by atoms with Gasteiger partial charge in [0.05, 0.1) is 0 Å². The predicted molar refractivity (Wildman–Crippen MR) is 101 cm³/mol. The molecule has 3 N–H and O–H groups in total. The number of carbonyl (C=O) groups is 1. The molecular weight excluding hydrogens is 353 g/mol. The molecule has 0 radical (unpaired) electrons. The molecule has 0 heterocycles. The molecule has 0 saturated carbocycles.